The van der Waals surface area contributed by atoms with Crippen molar-refractivity contribution in [2.75, 3.05) is 6.54 Å². The Morgan fingerprint density at radius 2 is 1.90 bits per heavy atom. The number of carbonyl (C=O) groups excluding carboxylic acids is 2. The van der Waals surface area contributed by atoms with Gasteiger partial charge < -0.3 is 10.2 Å². The van der Waals surface area contributed by atoms with E-state index < -0.39 is 0 Å². The number of nitrogens with zero attached hydrogens (tertiary/aromatic N) is 1. The molecule has 1 rings (SSSR count). The summed E-state index contributed by atoms with van der Waals surface area (Å²) in [4.78, 5) is 26.2. The van der Waals surface area contributed by atoms with Gasteiger partial charge in [0.15, 0.2) is 0 Å². The largest absolute Gasteiger partial charge is 0.350 e. The molecule has 1 atom stereocenters. The summed E-state index contributed by atoms with van der Waals surface area (Å²) >= 11 is 0. The van der Waals surface area contributed by atoms with Crippen LogP contribution in [0.5, 0.6) is 0 Å². The molecule has 1 aliphatic heterocycles. The van der Waals surface area contributed by atoms with Gasteiger partial charge in [-0.1, -0.05) is 26.8 Å². The summed E-state index contributed by atoms with van der Waals surface area (Å²) in [5.41, 5.74) is 0.321. The monoisotopic (exact) mass is 280 g/mol. The maximum absolute atomic E-state index is 12.4. The maximum atomic E-state index is 12.4. The highest BCUT2D eigenvalue weighted by Gasteiger charge is 2.34. The molecule has 1 aliphatic rings. The van der Waals surface area contributed by atoms with Crippen LogP contribution in [0, 0.1) is 5.41 Å². The molecule has 1 fully saturated rings. The molecule has 1 saturated heterocycles. The fourth-order valence-corrected chi connectivity index (χ4v) is 2.39. The first-order valence-corrected chi connectivity index (χ1v) is 7.43. The Balaban J connectivity index is 2.80. The van der Waals surface area contributed by atoms with Crippen molar-refractivity contribution >= 4 is 11.8 Å². The second kappa shape index (κ2) is 6.42. The molecule has 0 aliphatic carbocycles. The van der Waals surface area contributed by atoms with E-state index in [9.17, 15) is 9.59 Å². The van der Waals surface area contributed by atoms with Crippen LogP contribution in [0.15, 0.2) is 11.6 Å². The minimum atomic E-state index is -0.371. The summed E-state index contributed by atoms with van der Waals surface area (Å²) in [5, 5.41) is 2.88. The molecule has 2 amide bonds. The van der Waals surface area contributed by atoms with Crippen molar-refractivity contribution in [1.82, 2.24) is 10.2 Å². The lowest BCUT2D eigenvalue weighted by molar-refractivity contribution is -0.139. The number of hydrogen-bond acceptors (Lipinski definition) is 2. The smallest absolute Gasteiger partial charge is 0.246 e. The topological polar surface area (TPSA) is 49.4 Å². The summed E-state index contributed by atoms with van der Waals surface area (Å²) in [7, 11) is 0. The van der Waals surface area contributed by atoms with E-state index in [1.807, 2.05) is 52.5 Å². The molecule has 0 bridgehead atoms. The third-order valence-electron chi connectivity index (χ3n) is 3.42. The minimum absolute atomic E-state index is 0.0462. The van der Waals surface area contributed by atoms with E-state index in [1.54, 1.807) is 0 Å². The molecule has 0 spiro atoms. The SMILES string of the molecule is C/C(=C\[C@@H]1CCCN1C(=O)C(C)(C)C)C(=O)NC(C)C. The van der Waals surface area contributed by atoms with Gasteiger partial charge in [-0.05, 0) is 33.6 Å². The lowest BCUT2D eigenvalue weighted by atomic mass is 9.94. The Bertz CT molecular complexity index is 405. The van der Waals surface area contributed by atoms with Crippen LogP contribution in [-0.4, -0.2) is 35.3 Å². The van der Waals surface area contributed by atoms with Crippen LogP contribution < -0.4 is 5.32 Å². The summed E-state index contributed by atoms with van der Waals surface area (Å²) in [6, 6.07) is 0.182. The summed E-state index contributed by atoms with van der Waals surface area (Å²) in [5.74, 6) is 0.114. The number of hydrogen-bond donors (Lipinski definition) is 1. The lowest BCUT2D eigenvalue weighted by Gasteiger charge is -2.29. The Kier molecular flexibility index (Phi) is 5.37. The normalized spacial score (nSPS) is 20.4. The van der Waals surface area contributed by atoms with Gasteiger partial charge in [-0.25, -0.2) is 0 Å². The molecule has 0 unspecified atom stereocenters. The quantitative estimate of drug-likeness (QED) is 0.808. The minimum Gasteiger partial charge on any atom is -0.350 e. The fraction of sp³-hybridized carbons (Fsp3) is 0.750. The summed E-state index contributed by atoms with van der Waals surface area (Å²) in [6.07, 6.45) is 3.88. The van der Waals surface area contributed by atoms with Crippen LogP contribution in [0.3, 0.4) is 0 Å². The van der Waals surface area contributed by atoms with E-state index in [-0.39, 0.29) is 29.3 Å². The highest BCUT2D eigenvalue weighted by Crippen LogP contribution is 2.26. The molecule has 4 nitrogen and oxygen atoms in total. The summed E-state index contributed by atoms with van der Waals surface area (Å²) in [6.45, 7) is 12.3. The van der Waals surface area contributed by atoms with Gasteiger partial charge in [-0.3, -0.25) is 9.59 Å². The van der Waals surface area contributed by atoms with Crippen molar-refractivity contribution in [2.45, 2.75) is 66.5 Å². The van der Waals surface area contributed by atoms with Gasteiger partial charge in [0.2, 0.25) is 11.8 Å². The molecule has 0 aromatic rings. The zero-order valence-corrected chi connectivity index (χ0v) is 13.6. The average molecular weight is 280 g/mol. The van der Waals surface area contributed by atoms with E-state index in [4.69, 9.17) is 0 Å². The fourth-order valence-electron chi connectivity index (χ4n) is 2.39. The summed E-state index contributed by atoms with van der Waals surface area (Å²) < 4.78 is 0. The predicted octanol–water partition coefficient (Wildman–Crippen LogP) is 2.49. The van der Waals surface area contributed by atoms with E-state index in [1.165, 1.54) is 0 Å². The molecule has 0 radical (unpaired) electrons. The van der Waals surface area contributed by atoms with Crippen LogP contribution in [-0.2, 0) is 9.59 Å². The van der Waals surface area contributed by atoms with Crippen molar-refractivity contribution in [3.05, 3.63) is 11.6 Å². The number of rotatable bonds is 3. The van der Waals surface area contributed by atoms with Crippen LogP contribution in [0.25, 0.3) is 0 Å². The first-order chi connectivity index (χ1) is 9.12. The lowest BCUT2D eigenvalue weighted by Crippen LogP contribution is -2.42. The highest BCUT2D eigenvalue weighted by molar-refractivity contribution is 5.93. The molecule has 1 N–H and O–H groups in total. The van der Waals surface area contributed by atoms with Crippen LogP contribution in [0.2, 0.25) is 0 Å². The Labute approximate surface area is 122 Å². The first-order valence-electron chi connectivity index (χ1n) is 7.43. The number of nitrogens with one attached hydrogen (secondary N) is 1. The van der Waals surface area contributed by atoms with Gasteiger partial charge in [-0.2, -0.15) is 0 Å². The Morgan fingerprint density at radius 3 is 2.40 bits per heavy atom. The molecule has 0 aromatic heterocycles. The van der Waals surface area contributed by atoms with E-state index >= 15 is 0 Å². The van der Waals surface area contributed by atoms with Crippen molar-refractivity contribution in [3.8, 4) is 0 Å². The molecule has 1 heterocycles. The predicted molar refractivity (Wildman–Crippen MR) is 81.2 cm³/mol. The number of amides is 2. The Hall–Kier alpha value is -1.32. The van der Waals surface area contributed by atoms with E-state index in [2.05, 4.69) is 5.32 Å². The van der Waals surface area contributed by atoms with Crippen molar-refractivity contribution in [1.29, 1.82) is 0 Å². The first kappa shape index (κ1) is 16.7. The molecule has 20 heavy (non-hydrogen) atoms. The standard InChI is InChI=1S/C16H28N2O2/c1-11(2)17-14(19)12(3)10-13-8-7-9-18(13)15(20)16(4,5)6/h10-11,13H,7-9H2,1-6H3,(H,17,19)/b12-10+/t13-/m0/s1. The second-order valence-corrected chi connectivity index (χ2v) is 6.94. The molecular formula is C16H28N2O2. The van der Waals surface area contributed by atoms with Gasteiger partial charge in [0.25, 0.3) is 0 Å². The van der Waals surface area contributed by atoms with Crippen LogP contribution in [0.4, 0.5) is 0 Å². The number of likely N-dealkylation sites (tertiary alicyclic amines) is 1. The zero-order chi connectivity index (χ0) is 15.5. The van der Waals surface area contributed by atoms with Crippen LogP contribution >= 0.6 is 0 Å². The van der Waals surface area contributed by atoms with Gasteiger partial charge in [0.1, 0.15) is 0 Å². The van der Waals surface area contributed by atoms with Crippen molar-refractivity contribution in [2.24, 2.45) is 5.41 Å². The molecule has 4 heteroatoms. The van der Waals surface area contributed by atoms with Gasteiger partial charge in [0, 0.05) is 23.6 Å². The average Bonchev–Trinajstić information content (AvgIpc) is 2.73. The van der Waals surface area contributed by atoms with Crippen molar-refractivity contribution in [3.63, 3.8) is 0 Å². The number of carbonyl (C=O) groups is 2. The third kappa shape index (κ3) is 4.36. The van der Waals surface area contributed by atoms with Gasteiger partial charge >= 0.3 is 0 Å². The van der Waals surface area contributed by atoms with Crippen LogP contribution in [0.1, 0.15) is 54.4 Å². The molecular weight excluding hydrogens is 252 g/mol. The molecule has 0 aromatic carbocycles. The maximum Gasteiger partial charge on any atom is 0.246 e. The third-order valence-corrected chi connectivity index (χ3v) is 3.42. The van der Waals surface area contributed by atoms with E-state index in [0.29, 0.717) is 5.57 Å². The van der Waals surface area contributed by atoms with Gasteiger partial charge in [0.05, 0.1) is 6.04 Å². The Morgan fingerprint density at radius 1 is 1.30 bits per heavy atom. The molecule has 0 saturated carbocycles. The zero-order valence-electron chi connectivity index (χ0n) is 13.6. The molecule has 114 valence electrons. The highest BCUT2D eigenvalue weighted by atomic mass is 16.2. The van der Waals surface area contributed by atoms with Crippen molar-refractivity contribution < 1.29 is 9.59 Å². The van der Waals surface area contributed by atoms with E-state index in [0.717, 1.165) is 19.4 Å². The second-order valence-electron chi connectivity index (χ2n) is 6.94. The van der Waals surface area contributed by atoms with Gasteiger partial charge in [-0.15, -0.1) is 0 Å².